The zero-order valence-corrected chi connectivity index (χ0v) is 13.5. The van der Waals surface area contributed by atoms with Crippen LogP contribution < -0.4 is 5.56 Å². The summed E-state index contributed by atoms with van der Waals surface area (Å²) < 4.78 is 2.14. The van der Waals surface area contributed by atoms with E-state index in [2.05, 4.69) is 26.0 Å². The fourth-order valence-corrected chi connectivity index (χ4v) is 2.74. The number of fused-ring (bicyclic) bond motifs is 1. The third-order valence-corrected chi connectivity index (χ3v) is 4.02. The monoisotopic (exact) mass is 359 g/mol. The fourth-order valence-electron chi connectivity index (χ4n) is 2.29. The first-order valence-corrected chi connectivity index (χ1v) is 7.63. The molecule has 1 unspecified atom stereocenters. The maximum Gasteiger partial charge on any atom is 0.282 e. The van der Waals surface area contributed by atoms with E-state index in [4.69, 9.17) is 0 Å². The molecule has 5 nitrogen and oxygen atoms in total. The summed E-state index contributed by atoms with van der Waals surface area (Å²) in [5.41, 5.74) is 1.08. The molecule has 1 aliphatic carbocycles. The van der Waals surface area contributed by atoms with Gasteiger partial charge in [0.25, 0.3) is 5.56 Å². The van der Waals surface area contributed by atoms with Crippen molar-refractivity contribution in [2.24, 2.45) is 5.10 Å². The van der Waals surface area contributed by atoms with Crippen molar-refractivity contribution in [3.63, 3.8) is 0 Å². The Balaban J connectivity index is 2.06. The molecule has 2 aromatic rings. The molecule has 0 bridgehead atoms. The number of hydrogen-bond acceptors (Lipinski definition) is 4. The lowest BCUT2D eigenvalue weighted by Gasteiger charge is -2.14. The van der Waals surface area contributed by atoms with Crippen LogP contribution in [0.5, 0.6) is 0 Å². The second kappa shape index (κ2) is 5.98. The second-order valence-electron chi connectivity index (χ2n) is 5.02. The highest BCUT2D eigenvalue weighted by molar-refractivity contribution is 9.11. The van der Waals surface area contributed by atoms with Crippen molar-refractivity contribution in [3.8, 4) is 0 Å². The normalized spacial score (nSPS) is 18.6. The number of aryl methyl sites for hydroxylation is 1. The van der Waals surface area contributed by atoms with Gasteiger partial charge in [-0.2, -0.15) is 9.78 Å². The molecule has 0 spiro atoms. The number of halogens is 1. The zero-order chi connectivity index (χ0) is 15.7. The summed E-state index contributed by atoms with van der Waals surface area (Å²) in [6, 6.07) is 7.16. The van der Waals surface area contributed by atoms with Crippen LogP contribution in [0.2, 0.25) is 0 Å². The number of para-hydroxylation sites is 1. The Morgan fingerprint density at radius 3 is 3.05 bits per heavy atom. The van der Waals surface area contributed by atoms with Crippen LogP contribution in [0.1, 0.15) is 12.2 Å². The number of rotatable bonds is 2. The molecule has 0 saturated heterocycles. The van der Waals surface area contributed by atoms with Crippen molar-refractivity contribution in [1.82, 2.24) is 9.66 Å². The van der Waals surface area contributed by atoms with Crippen LogP contribution in [0.15, 0.2) is 56.4 Å². The van der Waals surface area contributed by atoms with Crippen LogP contribution in [0.4, 0.5) is 0 Å². The molecule has 1 atom stereocenters. The standard InChI is InChI=1S/C16H14BrN3O2/c1-10-19-14-5-3-2-4-13(14)16(22)20(10)18-9-11-8-12(17)6-7-15(11)21/h2-6,8-9,15,21H,7H2,1H3. The Morgan fingerprint density at radius 2 is 2.23 bits per heavy atom. The van der Waals surface area contributed by atoms with Gasteiger partial charge in [0.2, 0.25) is 0 Å². The van der Waals surface area contributed by atoms with Crippen molar-refractivity contribution in [2.45, 2.75) is 19.4 Å². The van der Waals surface area contributed by atoms with Gasteiger partial charge in [-0.1, -0.05) is 34.1 Å². The lowest BCUT2D eigenvalue weighted by Crippen LogP contribution is -2.21. The summed E-state index contributed by atoms with van der Waals surface area (Å²) in [7, 11) is 0. The SMILES string of the molecule is Cc1nc2ccccc2c(=O)n1N=CC1=CC(Br)=CCC1O. The average Bonchev–Trinajstić information content (AvgIpc) is 2.50. The van der Waals surface area contributed by atoms with Crippen LogP contribution in [0.25, 0.3) is 10.9 Å². The Hall–Kier alpha value is -2.05. The Labute approximate surface area is 135 Å². The van der Waals surface area contributed by atoms with Crippen molar-refractivity contribution in [1.29, 1.82) is 0 Å². The number of aliphatic hydroxyl groups is 1. The molecule has 0 fully saturated rings. The van der Waals surface area contributed by atoms with Gasteiger partial charge in [-0.05, 0) is 31.6 Å². The van der Waals surface area contributed by atoms with Crippen molar-refractivity contribution < 1.29 is 5.11 Å². The number of hydrogen-bond donors (Lipinski definition) is 1. The van der Waals surface area contributed by atoms with Crippen LogP contribution in [0.3, 0.4) is 0 Å². The zero-order valence-electron chi connectivity index (χ0n) is 11.9. The second-order valence-corrected chi connectivity index (χ2v) is 5.94. The summed E-state index contributed by atoms with van der Waals surface area (Å²) in [6.07, 6.45) is 5.07. The van der Waals surface area contributed by atoms with Crippen LogP contribution in [-0.4, -0.2) is 27.1 Å². The molecule has 0 amide bonds. The van der Waals surface area contributed by atoms with Gasteiger partial charge in [0, 0.05) is 10.1 Å². The molecule has 22 heavy (non-hydrogen) atoms. The fraction of sp³-hybridized carbons (Fsp3) is 0.188. The van der Waals surface area contributed by atoms with Crippen LogP contribution in [0, 0.1) is 6.92 Å². The number of allylic oxidation sites excluding steroid dienone is 2. The first-order valence-electron chi connectivity index (χ1n) is 6.84. The number of benzene rings is 1. The highest BCUT2D eigenvalue weighted by atomic mass is 79.9. The van der Waals surface area contributed by atoms with E-state index in [1.807, 2.05) is 12.1 Å². The molecule has 0 radical (unpaired) electrons. The molecular weight excluding hydrogens is 346 g/mol. The van der Waals surface area contributed by atoms with Gasteiger partial charge < -0.3 is 5.11 Å². The maximum absolute atomic E-state index is 12.5. The maximum atomic E-state index is 12.5. The molecular formula is C16H14BrN3O2. The molecule has 1 aliphatic rings. The van der Waals surface area contributed by atoms with Crippen LogP contribution in [-0.2, 0) is 0 Å². The third kappa shape index (κ3) is 2.80. The van der Waals surface area contributed by atoms with E-state index in [1.165, 1.54) is 10.9 Å². The first kappa shape index (κ1) is 14.9. The Kier molecular flexibility index (Phi) is 4.04. The summed E-state index contributed by atoms with van der Waals surface area (Å²) in [4.78, 5) is 16.9. The number of nitrogens with zero attached hydrogens (tertiary/aromatic N) is 3. The minimum atomic E-state index is -0.616. The van der Waals surface area contributed by atoms with Crippen molar-refractivity contribution in [3.05, 3.63) is 62.7 Å². The summed E-state index contributed by atoms with van der Waals surface area (Å²) in [6.45, 7) is 1.73. The predicted molar refractivity (Wildman–Crippen MR) is 90.3 cm³/mol. The summed E-state index contributed by atoms with van der Waals surface area (Å²) in [5, 5.41) is 14.7. The van der Waals surface area contributed by atoms with Gasteiger partial charge in [0.1, 0.15) is 5.82 Å². The molecule has 6 heteroatoms. The quantitative estimate of drug-likeness (QED) is 0.837. The molecule has 1 aromatic heterocycles. The van der Waals surface area contributed by atoms with Crippen molar-refractivity contribution >= 4 is 33.0 Å². The van der Waals surface area contributed by atoms with E-state index >= 15 is 0 Å². The molecule has 3 rings (SSSR count). The highest BCUT2D eigenvalue weighted by Gasteiger charge is 2.13. The smallest absolute Gasteiger partial charge is 0.282 e. The van der Waals surface area contributed by atoms with Gasteiger partial charge in [-0.3, -0.25) is 4.79 Å². The number of aliphatic hydroxyl groups excluding tert-OH is 1. The Morgan fingerprint density at radius 1 is 1.45 bits per heavy atom. The largest absolute Gasteiger partial charge is 0.388 e. The van der Waals surface area contributed by atoms with E-state index in [-0.39, 0.29) is 5.56 Å². The average molecular weight is 360 g/mol. The molecule has 1 heterocycles. The predicted octanol–water partition coefficient (Wildman–Crippen LogP) is 2.51. The van der Waals surface area contributed by atoms with Crippen molar-refractivity contribution in [2.75, 3.05) is 0 Å². The van der Waals surface area contributed by atoms with Gasteiger partial charge in [0.05, 0.1) is 23.2 Å². The summed E-state index contributed by atoms with van der Waals surface area (Å²) >= 11 is 3.37. The highest BCUT2D eigenvalue weighted by Crippen LogP contribution is 2.20. The van der Waals surface area contributed by atoms with E-state index in [0.717, 1.165) is 4.48 Å². The van der Waals surface area contributed by atoms with E-state index in [1.54, 1.807) is 31.2 Å². The van der Waals surface area contributed by atoms with Gasteiger partial charge in [-0.25, -0.2) is 4.98 Å². The third-order valence-electron chi connectivity index (χ3n) is 3.46. The van der Waals surface area contributed by atoms with E-state index in [9.17, 15) is 9.90 Å². The molecule has 112 valence electrons. The van der Waals surface area contributed by atoms with E-state index in [0.29, 0.717) is 28.7 Å². The molecule has 0 aliphatic heterocycles. The molecule has 0 saturated carbocycles. The first-order chi connectivity index (χ1) is 10.6. The lowest BCUT2D eigenvalue weighted by molar-refractivity contribution is 0.219. The minimum Gasteiger partial charge on any atom is -0.388 e. The number of aromatic nitrogens is 2. The van der Waals surface area contributed by atoms with Gasteiger partial charge in [-0.15, -0.1) is 0 Å². The van der Waals surface area contributed by atoms with Crippen LogP contribution >= 0.6 is 15.9 Å². The minimum absolute atomic E-state index is 0.222. The van der Waals surface area contributed by atoms with Gasteiger partial charge in [0.15, 0.2) is 0 Å². The summed E-state index contributed by atoms with van der Waals surface area (Å²) in [5.74, 6) is 0.500. The Bertz CT molecular complexity index is 881. The lowest BCUT2D eigenvalue weighted by atomic mass is 10.0. The van der Waals surface area contributed by atoms with Gasteiger partial charge >= 0.3 is 0 Å². The molecule has 1 aromatic carbocycles. The topological polar surface area (TPSA) is 67.5 Å². The van der Waals surface area contributed by atoms with E-state index < -0.39 is 6.10 Å². The molecule has 1 N–H and O–H groups in total.